The Labute approximate surface area is 182 Å². The van der Waals surface area contributed by atoms with Crippen molar-refractivity contribution in [1.29, 1.82) is 0 Å². The molecule has 0 fully saturated rings. The number of ether oxygens (including phenoxy) is 2. The molecular weight excluding hydrogens is 434 g/mol. The third kappa shape index (κ3) is 5.31. The van der Waals surface area contributed by atoms with Crippen molar-refractivity contribution in [3.63, 3.8) is 0 Å². The Kier molecular flexibility index (Phi) is 6.97. The minimum absolute atomic E-state index is 0.00802. The second-order valence-electron chi connectivity index (χ2n) is 6.30. The number of nitro benzene ring substituents is 1. The zero-order chi connectivity index (χ0) is 21.7. The Hall–Kier alpha value is -3.03. The standard InChI is InChI=1S/C21H17Cl2FN2O4/c1-29-20-9-14(11-25-15-4-7-19(24)17(22)10-15)8-18(23)21(20)30-12-13-2-5-16(6-3-13)26(27)28/h2-10,25H,11-12H2,1H3. The number of rotatable bonds is 8. The first kappa shape index (κ1) is 21.7. The van der Waals surface area contributed by atoms with Gasteiger partial charge in [0, 0.05) is 24.4 Å². The third-order valence-corrected chi connectivity index (χ3v) is 4.81. The monoisotopic (exact) mass is 450 g/mol. The number of benzene rings is 3. The fourth-order valence-electron chi connectivity index (χ4n) is 2.69. The second kappa shape index (κ2) is 9.65. The summed E-state index contributed by atoms with van der Waals surface area (Å²) in [6.07, 6.45) is 0. The number of nitrogens with one attached hydrogen (secondary N) is 1. The summed E-state index contributed by atoms with van der Waals surface area (Å²) in [5.74, 6) is 0.325. The summed E-state index contributed by atoms with van der Waals surface area (Å²) in [7, 11) is 1.50. The van der Waals surface area contributed by atoms with Crippen LogP contribution in [0.5, 0.6) is 11.5 Å². The van der Waals surface area contributed by atoms with Crippen LogP contribution in [0.1, 0.15) is 11.1 Å². The van der Waals surface area contributed by atoms with Crippen LogP contribution < -0.4 is 14.8 Å². The molecule has 6 nitrogen and oxygen atoms in total. The van der Waals surface area contributed by atoms with E-state index in [4.69, 9.17) is 32.7 Å². The van der Waals surface area contributed by atoms with Gasteiger partial charge >= 0.3 is 0 Å². The molecule has 0 aromatic heterocycles. The lowest BCUT2D eigenvalue weighted by Crippen LogP contribution is -2.03. The van der Waals surface area contributed by atoms with E-state index in [-0.39, 0.29) is 17.3 Å². The van der Waals surface area contributed by atoms with Gasteiger partial charge in [0.2, 0.25) is 0 Å². The molecule has 0 atom stereocenters. The van der Waals surface area contributed by atoms with E-state index in [1.54, 1.807) is 30.3 Å². The largest absolute Gasteiger partial charge is 0.493 e. The van der Waals surface area contributed by atoms with Gasteiger partial charge < -0.3 is 14.8 Å². The molecule has 3 aromatic rings. The number of nitro groups is 1. The molecule has 0 saturated carbocycles. The highest BCUT2D eigenvalue weighted by atomic mass is 35.5. The van der Waals surface area contributed by atoms with Crippen molar-refractivity contribution in [3.8, 4) is 11.5 Å². The highest BCUT2D eigenvalue weighted by Crippen LogP contribution is 2.37. The first-order valence-electron chi connectivity index (χ1n) is 8.79. The molecule has 0 aliphatic rings. The molecule has 156 valence electrons. The molecule has 1 N–H and O–H groups in total. The van der Waals surface area contributed by atoms with Crippen LogP contribution in [0, 0.1) is 15.9 Å². The quantitative estimate of drug-likeness (QED) is 0.324. The second-order valence-corrected chi connectivity index (χ2v) is 7.12. The van der Waals surface area contributed by atoms with Gasteiger partial charge in [-0.15, -0.1) is 0 Å². The van der Waals surface area contributed by atoms with Gasteiger partial charge in [0.15, 0.2) is 11.5 Å². The van der Waals surface area contributed by atoms with Gasteiger partial charge in [-0.2, -0.15) is 0 Å². The van der Waals surface area contributed by atoms with Gasteiger partial charge in [-0.25, -0.2) is 4.39 Å². The van der Waals surface area contributed by atoms with Crippen molar-refractivity contribution in [2.45, 2.75) is 13.2 Å². The van der Waals surface area contributed by atoms with Crippen molar-refractivity contribution in [3.05, 3.63) is 91.7 Å². The van der Waals surface area contributed by atoms with Crippen LogP contribution in [0.3, 0.4) is 0 Å². The number of anilines is 1. The van der Waals surface area contributed by atoms with Crippen molar-refractivity contribution in [2.75, 3.05) is 12.4 Å². The summed E-state index contributed by atoms with van der Waals surface area (Å²) < 4.78 is 24.5. The SMILES string of the molecule is COc1cc(CNc2ccc(F)c(Cl)c2)cc(Cl)c1OCc1ccc([N+](=O)[O-])cc1. The summed E-state index contributed by atoms with van der Waals surface area (Å²) in [5.41, 5.74) is 2.24. The highest BCUT2D eigenvalue weighted by molar-refractivity contribution is 6.32. The predicted octanol–water partition coefficient (Wildman–Crippen LogP) is 6.24. The lowest BCUT2D eigenvalue weighted by molar-refractivity contribution is -0.384. The van der Waals surface area contributed by atoms with E-state index in [0.29, 0.717) is 28.8 Å². The summed E-state index contributed by atoms with van der Waals surface area (Å²) in [5, 5.41) is 14.3. The molecule has 0 spiro atoms. The summed E-state index contributed by atoms with van der Waals surface area (Å²) in [4.78, 5) is 10.3. The van der Waals surface area contributed by atoms with E-state index >= 15 is 0 Å². The topological polar surface area (TPSA) is 73.6 Å². The molecule has 3 aromatic carbocycles. The number of hydrogen-bond acceptors (Lipinski definition) is 5. The van der Waals surface area contributed by atoms with E-state index in [9.17, 15) is 14.5 Å². The molecule has 0 aliphatic heterocycles. The fourth-order valence-corrected chi connectivity index (χ4v) is 3.16. The van der Waals surface area contributed by atoms with Gasteiger partial charge in [0.25, 0.3) is 5.69 Å². The molecular formula is C21H17Cl2FN2O4. The first-order chi connectivity index (χ1) is 14.4. The number of nitrogens with zero attached hydrogens (tertiary/aromatic N) is 1. The average Bonchev–Trinajstić information content (AvgIpc) is 2.73. The van der Waals surface area contributed by atoms with E-state index in [1.165, 1.54) is 31.4 Å². The van der Waals surface area contributed by atoms with E-state index in [1.807, 2.05) is 0 Å². The molecule has 9 heteroatoms. The minimum Gasteiger partial charge on any atom is -0.493 e. The lowest BCUT2D eigenvalue weighted by atomic mass is 10.2. The summed E-state index contributed by atoms with van der Waals surface area (Å²) >= 11 is 12.2. The molecule has 0 amide bonds. The van der Waals surface area contributed by atoms with Gasteiger partial charge in [0.1, 0.15) is 12.4 Å². The number of halogens is 3. The Bertz CT molecular complexity index is 1060. The fraction of sp³-hybridized carbons (Fsp3) is 0.143. The van der Waals surface area contributed by atoms with Crippen LogP contribution in [0.4, 0.5) is 15.8 Å². The van der Waals surface area contributed by atoms with Gasteiger partial charge in [-0.05, 0) is 53.6 Å². The van der Waals surface area contributed by atoms with Gasteiger partial charge in [-0.3, -0.25) is 10.1 Å². The normalized spacial score (nSPS) is 10.5. The Morgan fingerprint density at radius 3 is 2.40 bits per heavy atom. The average molecular weight is 451 g/mol. The highest BCUT2D eigenvalue weighted by Gasteiger charge is 2.13. The maximum atomic E-state index is 13.3. The third-order valence-electron chi connectivity index (χ3n) is 4.24. The van der Waals surface area contributed by atoms with Crippen LogP contribution in [0.25, 0.3) is 0 Å². The Morgan fingerprint density at radius 1 is 1.03 bits per heavy atom. The number of methoxy groups -OCH3 is 1. The summed E-state index contributed by atoms with van der Waals surface area (Å²) in [6.45, 7) is 0.570. The Balaban J connectivity index is 1.70. The predicted molar refractivity (Wildman–Crippen MR) is 114 cm³/mol. The van der Waals surface area contributed by atoms with E-state index < -0.39 is 10.7 Å². The molecule has 3 rings (SSSR count). The van der Waals surface area contributed by atoms with Gasteiger partial charge in [0.05, 0.1) is 22.1 Å². The van der Waals surface area contributed by atoms with Gasteiger partial charge in [-0.1, -0.05) is 23.2 Å². The van der Waals surface area contributed by atoms with Crippen molar-refractivity contribution < 1.29 is 18.8 Å². The molecule has 0 radical (unpaired) electrons. The molecule has 30 heavy (non-hydrogen) atoms. The van der Waals surface area contributed by atoms with Crippen LogP contribution in [0.15, 0.2) is 54.6 Å². The Morgan fingerprint density at radius 2 is 1.77 bits per heavy atom. The minimum atomic E-state index is -0.485. The zero-order valence-electron chi connectivity index (χ0n) is 15.8. The van der Waals surface area contributed by atoms with Crippen LogP contribution in [0.2, 0.25) is 10.0 Å². The molecule has 0 saturated heterocycles. The number of hydrogen-bond donors (Lipinski definition) is 1. The molecule has 0 bridgehead atoms. The smallest absolute Gasteiger partial charge is 0.269 e. The van der Waals surface area contributed by atoms with E-state index in [2.05, 4.69) is 5.32 Å². The van der Waals surface area contributed by atoms with Crippen molar-refractivity contribution in [2.24, 2.45) is 0 Å². The van der Waals surface area contributed by atoms with Crippen molar-refractivity contribution in [1.82, 2.24) is 0 Å². The molecule has 0 unspecified atom stereocenters. The van der Waals surface area contributed by atoms with Crippen LogP contribution in [-0.2, 0) is 13.2 Å². The first-order valence-corrected chi connectivity index (χ1v) is 9.54. The molecule has 0 heterocycles. The summed E-state index contributed by atoms with van der Waals surface area (Å²) in [6, 6.07) is 13.9. The zero-order valence-corrected chi connectivity index (χ0v) is 17.3. The maximum Gasteiger partial charge on any atom is 0.269 e. The molecule has 0 aliphatic carbocycles. The maximum absolute atomic E-state index is 13.3. The van der Waals surface area contributed by atoms with E-state index in [0.717, 1.165) is 11.1 Å². The number of non-ortho nitro benzene ring substituents is 1. The lowest BCUT2D eigenvalue weighted by Gasteiger charge is -2.15. The van der Waals surface area contributed by atoms with Crippen molar-refractivity contribution >= 4 is 34.6 Å². The van der Waals surface area contributed by atoms with Crippen LogP contribution in [-0.4, -0.2) is 12.0 Å². The van der Waals surface area contributed by atoms with Crippen LogP contribution >= 0.6 is 23.2 Å².